The van der Waals surface area contributed by atoms with Crippen LogP contribution in [0.5, 0.6) is 5.75 Å². The Hall–Kier alpha value is -3.93. The number of aryl methyl sites for hydroxylation is 1. The predicted octanol–water partition coefficient (Wildman–Crippen LogP) is 6.28. The molecule has 186 valence electrons. The molecule has 6 heteroatoms. The molecule has 36 heavy (non-hydrogen) atoms. The third kappa shape index (κ3) is 6.00. The molecular formula is C30H32N2O4. The second kappa shape index (κ2) is 11.2. The van der Waals surface area contributed by atoms with Gasteiger partial charge in [0.2, 0.25) is 5.89 Å². The number of ketones is 2. The Morgan fingerprint density at radius 1 is 1.03 bits per heavy atom. The van der Waals surface area contributed by atoms with Gasteiger partial charge in [0.05, 0.1) is 18.3 Å². The highest BCUT2D eigenvalue weighted by Gasteiger charge is 2.19. The van der Waals surface area contributed by atoms with Crippen molar-refractivity contribution in [2.45, 2.75) is 46.6 Å². The SMILES string of the molecule is CC(=O)[C@H](Cc1ccc(OCCc2nc(-c3ccccc3)oc2C)cc1)n1ccc(C(=O)C(C)C)c1. The van der Waals surface area contributed by atoms with E-state index in [9.17, 15) is 9.59 Å². The predicted molar refractivity (Wildman–Crippen MR) is 139 cm³/mol. The highest BCUT2D eigenvalue weighted by Crippen LogP contribution is 2.23. The molecule has 2 heterocycles. The van der Waals surface area contributed by atoms with Gasteiger partial charge in [-0.1, -0.05) is 44.2 Å². The molecule has 0 bridgehead atoms. The smallest absolute Gasteiger partial charge is 0.226 e. The molecule has 0 aliphatic heterocycles. The van der Waals surface area contributed by atoms with Crippen LogP contribution in [0.1, 0.15) is 54.2 Å². The van der Waals surface area contributed by atoms with Gasteiger partial charge in [-0.15, -0.1) is 0 Å². The lowest BCUT2D eigenvalue weighted by Crippen LogP contribution is -2.18. The second-order valence-electron chi connectivity index (χ2n) is 9.33. The van der Waals surface area contributed by atoms with Gasteiger partial charge < -0.3 is 13.7 Å². The summed E-state index contributed by atoms with van der Waals surface area (Å²) in [5, 5.41) is 0. The third-order valence-electron chi connectivity index (χ3n) is 6.23. The van der Waals surface area contributed by atoms with Gasteiger partial charge in [-0.2, -0.15) is 0 Å². The summed E-state index contributed by atoms with van der Waals surface area (Å²) in [5.74, 6) is 2.22. The number of hydrogen-bond acceptors (Lipinski definition) is 5. The summed E-state index contributed by atoms with van der Waals surface area (Å²) in [6.45, 7) is 7.73. The number of nitrogens with zero attached hydrogens (tertiary/aromatic N) is 2. The minimum absolute atomic E-state index is 0.0485. The van der Waals surface area contributed by atoms with Crippen molar-refractivity contribution >= 4 is 11.6 Å². The van der Waals surface area contributed by atoms with Crippen LogP contribution in [0.15, 0.2) is 77.5 Å². The largest absolute Gasteiger partial charge is 0.493 e. The molecule has 0 amide bonds. The molecule has 0 saturated carbocycles. The van der Waals surface area contributed by atoms with E-state index in [4.69, 9.17) is 9.15 Å². The van der Waals surface area contributed by atoms with Crippen molar-refractivity contribution in [3.05, 3.63) is 95.6 Å². The van der Waals surface area contributed by atoms with Crippen molar-refractivity contribution in [1.82, 2.24) is 9.55 Å². The third-order valence-corrected chi connectivity index (χ3v) is 6.23. The van der Waals surface area contributed by atoms with Gasteiger partial charge in [0, 0.05) is 42.3 Å². The van der Waals surface area contributed by atoms with E-state index >= 15 is 0 Å². The fourth-order valence-corrected chi connectivity index (χ4v) is 4.12. The number of aromatic nitrogens is 2. The van der Waals surface area contributed by atoms with E-state index in [0.29, 0.717) is 30.9 Å². The molecule has 0 saturated heterocycles. The number of carbonyl (C=O) groups excluding carboxylic acids is 2. The van der Waals surface area contributed by atoms with Crippen LogP contribution in [0, 0.1) is 12.8 Å². The van der Waals surface area contributed by atoms with E-state index in [1.165, 1.54) is 0 Å². The van der Waals surface area contributed by atoms with Gasteiger partial charge in [0.1, 0.15) is 11.5 Å². The fourth-order valence-electron chi connectivity index (χ4n) is 4.12. The average Bonchev–Trinajstić information content (AvgIpc) is 3.50. The van der Waals surface area contributed by atoms with Crippen molar-refractivity contribution in [1.29, 1.82) is 0 Å². The minimum Gasteiger partial charge on any atom is -0.493 e. The monoisotopic (exact) mass is 484 g/mol. The first-order valence-corrected chi connectivity index (χ1v) is 12.3. The first-order valence-electron chi connectivity index (χ1n) is 12.3. The van der Waals surface area contributed by atoms with Crippen LogP contribution in [0.3, 0.4) is 0 Å². The maximum Gasteiger partial charge on any atom is 0.226 e. The summed E-state index contributed by atoms with van der Waals surface area (Å²) in [4.78, 5) is 29.3. The maximum atomic E-state index is 12.4. The summed E-state index contributed by atoms with van der Waals surface area (Å²) < 4.78 is 13.6. The van der Waals surface area contributed by atoms with Crippen LogP contribution in [0.4, 0.5) is 0 Å². The van der Waals surface area contributed by atoms with Crippen molar-refractivity contribution < 1.29 is 18.7 Å². The zero-order chi connectivity index (χ0) is 25.7. The fraction of sp³-hybridized carbons (Fsp3) is 0.300. The zero-order valence-electron chi connectivity index (χ0n) is 21.2. The van der Waals surface area contributed by atoms with E-state index in [0.717, 1.165) is 28.3 Å². The minimum atomic E-state index is -0.362. The van der Waals surface area contributed by atoms with Crippen molar-refractivity contribution in [2.24, 2.45) is 5.92 Å². The van der Waals surface area contributed by atoms with Gasteiger partial charge in [-0.3, -0.25) is 9.59 Å². The van der Waals surface area contributed by atoms with Gasteiger partial charge in [0.15, 0.2) is 11.6 Å². The first kappa shape index (κ1) is 25.2. The Kier molecular flexibility index (Phi) is 7.84. The van der Waals surface area contributed by atoms with Gasteiger partial charge >= 0.3 is 0 Å². The molecule has 4 aromatic rings. The molecule has 0 aliphatic rings. The normalized spacial score (nSPS) is 12.0. The molecule has 1 atom stereocenters. The van der Waals surface area contributed by atoms with Crippen molar-refractivity contribution in [3.63, 3.8) is 0 Å². The molecule has 2 aromatic carbocycles. The molecule has 0 unspecified atom stereocenters. The number of rotatable bonds is 11. The van der Waals surface area contributed by atoms with E-state index in [1.807, 2.05) is 86.1 Å². The molecule has 0 N–H and O–H groups in total. The average molecular weight is 485 g/mol. The number of carbonyl (C=O) groups is 2. The molecule has 0 fully saturated rings. The van der Waals surface area contributed by atoms with Crippen LogP contribution in [-0.4, -0.2) is 27.7 Å². The van der Waals surface area contributed by atoms with Crippen molar-refractivity contribution in [2.75, 3.05) is 6.61 Å². The Balaban J connectivity index is 1.34. The number of ether oxygens (including phenoxy) is 1. The Morgan fingerprint density at radius 2 is 1.75 bits per heavy atom. The lowest BCUT2D eigenvalue weighted by atomic mass is 10.0. The summed E-state index contributed by atoms with van der Waals surface area (Å²) in [6.07, 6.45) is 4.77. The summed E-state index contributed by atoms with van der Waals surface area (Å²) in [7, 11) is 0. The quantitative estimate of drug-likeness (QED) is 0.234. The van der Waals surface area contributed by atoms with Crippen LogP contribution in [-0.2, 0) is 17.6 Å². The topological polar surface area (TPSA) is 74.3 Å². The zero-order valence-corrected chi connectivity index (χ0v) is 21.2. The summed E-state index contributed by atoms with van der Waals surface area (Å²) in [6, 6.07) is 19.1. The highest BCUT2D eigenvalue weighted by atomic mass is 16.5. The maximum absolute atomic E-state index is 12.4. The number of benzene rings is 2. The molecule has 0 spiro atoms. The number of oxazole rings is 1. The van der Waals surface area contributed by atoms with Gasteiger partial charge in [-0.25, -0.2) is 4.98 Å². The van der Waals surface area contributed by atoms with E-state index in [2.05, 4.69) is 4.98 Å². The lowest BCUT2D eigenvalue weighted by molar-refractivity contribution is -0.120. The molecular weight excluding hydrogens is 452 g/mol. The van der Waals surface area contributed by atoms with Crippen LogP contribution in [0.25, 0.3) is 11.5 Å². The number of hydrogen-bond donors (Lipinski definition) is 0. The second-order valence-corrected chi connectivity index (χ2v) is 9.33. The number of Topliss-reactive ketones (excluding diaryl/α,β-unsaturated/α-hetero) is 2. The van der Waals surface area contributed by atoms with Crippen LogP contribution in [0.2, 0.25) is 0 Å². The lowest BCUT2D eigenvalue weighted by Gasteiger charge is -2.16. The standard InChI is InChI=1S/C30H32N2O4/c1-20(2)29(34)25-14-16-32(19-25)28(21(3)33)18-23-10-12-26(13-11-23)35-17-15-27-22(4)36-30(31-27)24-8-6-5-7-9-24/h5-14,16,19-20,28H,15,17-18H2,1-4H3/t28-/m0/s1. The van der Waals surface area contributed by atoms with E-state index in [1.54, 1.807) is 19.2 Å². The Labute approximate surface area is 211 Å². The van der Waals surface area contributed by atoms with Crippen LogP contribution < -0.4 is 4.74 Å². The van der Waals surface area contributed by atoms with Gasteiger partial charge in [0.25, 0.3) is 0 Å². The van der Waals surface area contributed by atoms with Crippen molar-refractivity contribution in [3.8, 4) is 17.2 Å². The highest BCUT2D eigenvalue weighted by molar-refractivity contribution is 5.97. The van der Waals surface area contributed by atoms with E-state index < -0.39 is 0 Å². The van der Waals surface area contributed by atoms with Gasteiger partial charge in [-0.05, 0) is 49.7 Å². The summed E-state index contributed by atoms with van der Waals surface area (Å²) >= 11 is 0. The Morgan fingerprint density at radius 3 is 2.42 bits per heavy atom. The molecule has 2 aromatic heterocycles. The summed E-state index contributed by atoms with van der Waals surface area (Å²) in [5.41, 5.74) is 3.50. The molecule has 0 radical (unpaired) electrons. The molecule has 0 aliphatic carbocycles. The Bertz CT molecular complexity index is 1320. The first-order chi connectivity index (χ1) is 17.3. The van der Waals surface area contributed by atoms with E-state index in [-0.39, 0.29) is 23.5 Å². The van der Waals surface area contributed by atoms with Crippen LogP contribution >= 0.6 is 0 Å². The molecule has 6 nitrogen and oxygen atoms in total. The molecule has 4 rings (SSSR count).